The average molecular weight is 355 g/mol. The zero-order valence-corrected chi connectivity index (χ0v) is 13.6. The molecule has 0 N–H and O–H groups in total. The molecule has 0 bridgehead atoms. The van der Waals surface area contributed by atoms with E-state index in [2.05, 4.69) is 15.9 Å². The van der Waals surface area contributed by atoms with Crippen molar-refractivity contribution in [1.82, 2.24) is 0 Å². The Morgan fingerprint density at radius 1 is 1.38 bits per heavy atom. The first-order valence-corrected chi connectivity index (χ1v) is 7.92. The number of hydrogen-bond donors (Lipinski definition) is 0. The standard InChI is InChI=1S/C16H19BrO4/c1-11-8-12(17)5-6-14(11)15(18)10-21-16(19)9-13-4-2-3-7-20-13/h5-6,8,13H,2-4,7,9-10H2,1H3. The summed E-state index contributed by atoms with van der Waals surface area (Å²) in [5.74, 6) is -0.553. The van der Waals surface area contributed by atoms with E-state index < -0.39 is 0 Å². The summed E-state index contributed by atoms with van der Waals surface area (Å²) in [5, 5.41) is 0. The van der Waals surface area contributed by atoms with Crippen LogP contribution >= 0.6 is 15.9 Å². The molecule has 1 aliphatic heterocycles. The molecule has 0 radical (unpaired) electrons. The molecule has 1 aromatic rings. The molecule has 114 valence electrons. The Bertz CT molecular complexity index is 521. The summed E-state index contributed by atoms with van der Waals surface area (Å²) >= 11 is 3.35. The van der Waals surface area contributed by atoms with Crippen LogP contribution in [-0.2, 0) is 14.3 Å². The van der Waals surface area contributed by atoms with Crippen LogP contribution in [0.1, 0.15) is 41.6 Å². The lowest BCUT2D eigenvalue weighted by atomic mass is 10.1. The first-order valence-electron chi connectivity index (χ1n) is 7.13. The van der Waals surface area contributed by atoms with Crippen LogP contribution in [0.3, 0.4) is 0 Å². The van der Waals surface area contributed by atoms with Crippen LogP contribution in [0.4, 0.5) is 0 Å². The van der Waals surface area contributed by atoms with Gasteiger partial charge < -0.3 is 9.47 Å². The summed E-state index contributed by atoms with van der Waals surface area (Å²) < 4.78 is 11.5. The summed E-state index contributed by atoms with van der Waals surface area (Å²) in [5.41, 5.74) is 1.45. The van der Waals surface area contributed by atoms with Crippen LogP contribution in [-0.4, -0.2) is 31.1 Å². The van der Waals surface area contributed by atoms with Gasteiger partial charge in [0, 0.05) is 16.6 Å². The Hall–Kier alpha value is -1.20. The largest absolute Gasteiger partial charge is 0.457 e. The Kier molecular flexibility index (Phi) is 5.94. The smallest absolute Gasteiger partial charge is 0.308 e. The lowest BCUT2D eigenvalue weighted by Gasteiger charge is -2.21. The number of Topliss-reactive ketones (excluding diaryl/α,β-unsaturated/α-hetero) is 1. The molecule has 1 aliphatic rings. The van der Waals surface area contributed by atoms with E-state index in [1.165, 1.54) is 0 Å². The molecule has 0 spiro atoms. The highest BCUT2D eigenvalue weighted by atomic mass is 79.9. The van der Waals surface area contributed by atoms with Gasteiger partial charge in [-0.1, -0.05) is 15.9 Å². The van der Waals surface area contributed by atoms with Crippen molar-refractivity contribution in [3.05, 3.63) is 33.8 Å². The van der Waals surface area contributed by atoms with Crippen molar-refractivity contribution in [2.45, 2.75) is 38.7 Å². The minimum Gasteiger partial charge on any atom is -0.457 e. The molecule has 21 heavy (non-hydrogen) atoms. The van der Waals surface area contributed by atoms with Crippen LogP contribution in [0.5, 0.6) is 0 Å². The average Bonchev–Trinajstić information content (AvgIpc) is 2.46. The van der Waals surface area contributed by atoms with Gasteiger partial charge in [0.25, 0.3) is 0 Å². The van der Waals surface area contributed by atoms with E-state index >= 15 is 0 Å². The van der Waals surface area contributed by atoms with Crippen LogP contribution < -0.4 is 0 Å². The number of esters is 1. The SMILES string of the molecule is Cc1cc(Br)ccc1C(=O)COC(=O)CC1CCCCO1. The maximum atomic E-state index is 12.0. The first-order chi connectivity index (χ1) is 10.1. The molecule has 1 heterocycles. The van der Waals surface area contributed by atoms with Crippen LogP contribution in [0.15, 0.2) is 22.7 Å². The van der Waals surface area contributed by atoms with Crippen molar-refractivity contribution in [2.75, 3.05) is 13.2 Å². The van der Waals surface area contributed by atoms with Gasteiger partial charge in [-0.25, -0.2) is 0 Å². The van der Waals surface area contributed by atoms with Gasteiger partial charge in [-0.15, -0.1) is 0 Å². The van der Waals surface area contributed by atoms with Gasteiger partial charge in [0.1, 0.15) is 0 Å². The van der Waals surface area contributed by atoms with Crippen molar-refractivity contribution >= 4 is 27.7 Å². The van der Waals surface area contributed by atoms with E-state index in [9.17, 15) is 9.59 Å². The first kappa shape index (κ1) is 16.2. The summed E-state index contributed by atoms with van der Waals surface area (Å²) in [6.07, 6.45) is 3.18. The summed E-state index contributed by atoms with van der Waals surface area (Å²) in [6.45, 7) is 2.35. The molecule has 1 fully saturated rings. The second kappa shape index (κ2) is 7.71. The third-order valence-electron chi connectivity index (χ3n) is 3.52. The predicted molar refractivity (Wildman–Crippen MR) is 82.4 cm³/mol. The van der Waals surface area contributed by atoms with Crippen molar-refractivity contribution < 1.29 is 19.1 Å². The number of aryl methyl sites for hydroxylation is 1. The second-order valence-electron chi connectivity index (χ2n) is 5.24. The lowest BCUT2D eigenvalue weighted by Crippen LogP contribution is -2.24. The van der Waals surface area contributed by atoms with Crippen LogP contribution in [0.25, 0.3) is 0 Å². The fraction of sp³-hybridized carbons (Fsp3) is 0.500. The molecule has 0 saturated carbocycles. The van der Waals surface area contributed by atoms with E-state index in [1.54, 1.807) is 12.1 Å². The Morgan fingerprint density at radius 3 is 2.86 bits per heavy atom. The maximum Gasteiger partial charge on any atom is 0.308 e. The molecular weight excluding hydrogens is 336 g/mol. The van der Waals surface area contributed by atoms with E-state index in [0.717, 1.165) is 29.3 Å². The van der Waals surface area contributed by atoms with Gasteiger partial charge in [0.2, 0.25) is 5.78 Å². The van der Waals surface area contributed by atoms with Gasteiger partial charge in [-0.05, 0) is 49.9 Å². The zero-order valence-electron chi connectivity index (χ0n) is 12.1. The van der Waals surface area contributed by atoms with Crippen LogP contribution in [0.2, 0.25) is 0 Å². The molecule has 5 heteroatoms. The lowest BCUT2D eigenvalue weighted by molar-refractivity contribution is -0.146. The van der Waals surface area contributed by atoms with Gasteiger partial charge in [0.05, 0.1) is 12.5 Å². The van der Waals surface area contributed by atoms with Gasteiger partial charge >= 0.3 is 5.97 Å². The van der Waals surface area contributed by atoms with Crippen molar-refractivity contribution in [2.24, 2.45) is 0 Å². The molecule has 0 amide bonds. The fourth-order valence-electron chi connectivity index (χ4n) is 2.38. The number of ether oxygens (including phenoxy) is 2. The Morgan fingerprint density at radius 2 is 2.19 bits per heavy atom. The molecule has 2 rings (SSSR count). The van der Waals surface area contributed by atoms with E-state index in [1.807, 2.05) is 13.0 Å². The highest BCUT2D eigenvalue weighted by Gasteiger charge is 2.19. The van der Waals surface area contributed by atoms with E-state index in [4.69, 9.17) is 9.47 Å². The highest BCUT2D eigenvalue weighted by Crippen LogP contribution is 2.18. The molecule has 1 atom stereocenters. The van der Waals surface area contributed by atoms with Gasteiger partial charge in [-0.3, -0.25) is 9.59 Å². The third kappa shape index (κ3) is 4.93. The van der Waals surface area contributed by atoms with Crippen molar-refractivity contribution in [3.63, 3.8) is 0 Å². The monoisotopic (exact) mass is 354 g/mol. The number of rotatable bonds is 5. The van der Waals surface area contributed by atoms with Crippen molar-refractivity contribution in [3.8, 4) is 0 Å². The number of benzene rings is 1. The molecule has 4 nitrogen and oxygen atoms in total. The number of carbonyl (C=O) groups excluding carboxylic acids is 2. The van der Waals surface area contributed by atoms with Crippen molar-refractivity contribution in [1.29, 1.82) is 0 Å². The number of carbonyl (C=O) groups is 2. The quantitative estimate of drug-likeness (QED) is 0.600. The van der Waals surface area contributed by atoms with Gasteiger partial charge in [-0.2, -0.15) is 0 Å². The second-order valence-corrected chi connectivity index (χ2v) is 6.15. The minimum atomic E-state index is -0.370. The summed E-state index contributed by atoms with van der Waals surface area (Å²) in [7, 11) is 0. The van der Waals surface area contributed by atoms with Gasteiger partial charge in [0.15, 0.2) is 6.61 Å². The topological polar surface area (TPSA) is 52.6 Å². The molecule has 1 saturated heterocycles. The molecule has 0 aromatic heterocycles. The summed E-state index contributed by atoms with van der Waals surface area (Å²) in [6, 6.07) is 5.41. The minimum absolute atomic E-state index is 0.0595. The number of halogens is 1. The highest BCUT2D eigenvalue weighted by molar-refractivity contribution is 9.10. The molecular formula is C16H19BrO4. The maximum absolute atomic E-state index is 12.0. The van der Waals surface area contributed by atoms with E-state index in [-0.39, 0.29) is 30.9 Å². The fourth-order valence-corrected chi connectivity index (χ4v) is 2.85. The molecule has 1 unspecified atom stereocenters. The van der Waals surface area contributed by atoms with Crippen LogP contribution in [0, 0.1) is 6.92 Å². The number of ketones is 1. The number of hydrogen-bond acceptors (Lipinski definition) is 4. The molecule has 0 aliphatic carbocycles. The summed E-state index contributed by atoms with van der Waals surface area (Å²) in [4.78, 5) is 23.8. The zero-order chi connectivity index (χ0) is 15.2. The Balaban J connectivity index is 1.81. The van der Waals surface area contributed by atoms with E-state index in [0.29, 0.717) is 12.2 Å². The Labute approximate surface area is 132 Å². The predicted octanol–water partition coefficient (Wildman–Crippen LogP) is 3.44. The normalized spacial score (nSPS) is 18.3. The third-order valence-corrected chi connectivity index (χ3v) is 4.01. The molecule has 1 aromatic carbocycles.